The first-order chi connectivity index (χ1) is 11.1. The van der Waals surface area contributed by atoms with Crippen molar-refractivity contribution < 1.29 is 0 Å². The van der Waals surface area contributed by atoms with Crippen molar-refractivity contribution in [3.05, 3.63) is 90.1 Å². The van der Waals surface area contributed by atoms with E-state index in [0.29, 0.717) is 11.8 Å². The number of fused-ring (bicyclic) bond motifs is 3. The zero-order valence-corrected chi connectivity index (χ0v) is 16.0. The van der Waals surface area contributed by atoms with Crippen LogP contribution in [0.15, 0.2) is 73.4 Å². The van der Waals surface area contributed by atoms with Crippen LogP contribution >= 0.6 is 22.6 Å². The van der Waals surface area contributed by atoms with Gasteiger partial charge in [-0.25, -0.2) is 0 Å². The van der Waals surface area contributed by atoms with Gasteiger partial charge in [-0.05, 0) is 33.6 Å². The van der Waals surface area contributed by atoms with Crippen molar-refractivity contribution in [3.8, 4) is 0 Å². The fourth-order valence-electron chi connectivity index (χ4n) is 3.90. The van der Waals surface area contributed by atoms with E-state index < -0.39 is 0 Å². The summed E-state index contributed by atoms with van der Waals surface area (Å²) in [6.45, 7) is 8.62. The summed E-state index contributed by atoms with van der Waals surface area (Å²) in [5, 5.41) is 0. The van der Waals surface area contributed by atoms with Crippen LogP contribution in [0.25, 0.3) is 5.57 Å². The Bertz CT molecular complexity index is 728. The van der Waals surface area contributed by atoms with Gasteiger partial charge in [-0.2, -0.15) is 0 Å². The summed E-state index contributed by atoms with van der Waals surface area (Å²) < 4.78 is 1.02. The molecule has 0 radical (unpaired) electrons. The highest BCUT2D eigenvalue weighted by Gasteiger charge is 2.44. The summed E-state index contributed by atoms with van der Waals surface area (Å²) in [6, 6.07) is 6.98. The summed E-state index contributed by atoms with van der Waals surface area (Å²) in [4.78, 5) is 0. The van der Waals surface area contributed by atoms with Gasteiger partial charge in [-0.3, -0.25) is 0 Å². The number of hydrogen-bond acceptors (Lipinski definition) is 0. The van der Waals surface area contributed by atoms with E-state index in [2.05, 4.69) is 104 Å². The molecule has 1 aromatic carbocycles. The first kappa shape index (κ1) is 16.5. The molecule has 0 heterocycles. The van der Waals surface area contributed by atoms with E-state index in [1.807, 2.05) is 6.08 Å². The second-order valence-electron chi connectivity index (χ2n) is 6.76. The standard InChI is InChI=1S/C22H23I/c1-4-8-16(9-7-14-23)17-12-13-19-18-10-5-6-11-20(18)22(2,3)21(19)15-17/h4-13,15,18,20H,1,14H2,2-3H3/b9-7-,16-8+/t18-,20?/m0/s1. The Morgan fingerprint density at radius 3 is 2.78 bits per heavy atom. The lowest BCUT2D eigenvalue weighted by Gasteiger charge is -2.29. The van der Waals surface area contributed by atoms with Crippen molar-refractivity contribution in [2.75, 3.05) is 4.43 Å². The van der Waals surface area contributed by atoms with Gasteiger partial charge in [0.2, 0.25) is 0 Å². The zero-order valence-electron chi connectivity index (χ0n) is 13.8. The highest BCUT2D eigenvalue weighted by Crippen LogP contribution is 2.53. The quantitative estimate of drug-likeness (QED) is 0.305. The molecule has 1 heteroatoms. The Kier molecular flexibility index (Phi) is 4.77. The molecule has 2 aliphatic rings. The molecule has 1 aromatic rings. The van der Waals surface area contributed by atoms with E-state index in [-0.39, 0.29) is 5.41 Å². The van der Waals surface area contributed by atoms with Gasteiger partial charge < -0.3 is 0 Å². The fraction of sp³-hybridized carbons (Fsp3) is 0.273. The lowest BCUT2D eigenvalue weighted by atomic mass is 9.74. The molecule has 0 aliphatic heterocycles. The van der Waals surface area contributed by atoms with Crippen molar-refractivity contribution in [3.63, 3.8) is 0 Å². The first-order valence-electron chi connectivity index (χ1n) is 8.14. The molecule has 2 aliphatic carbocycles. The molecule has 0 N–H and O–H groups in total. The van der Waals surface area contributed by atoms with Crippen LogP contribution in [-0.2, 0) is 5.41 Å². The van der Waals surface area contributed by atoms with Gasteiger partial charge in [-0.1, -0.05) is 110 Å². The number of halogens is 1. The van der Waals surface area contributed by atoms with Crippen molar-refractivity contribution in [2.24, 2.45) is 5.92 Å². The summed E-state index contributed by atoms with van der Waals surface area (Å²) in [7, 11) is 0. The van der Waals surface area contributed by atoms with Crippen LogP contribution < -0.4 is 0 Å². The lowest BCUT2D eigenvalue weighted by Crippen LogP contribution is -2.24. The highest BCUT2D eigenvalue weighted by molar-refractivity contribution is 14.1. The Morgan fingerprint density at radius 1 is 1.26 bits per heavy atom. The van der Waals surface area contributed by atoms with Gasteiger partial charge in [0.25, 0.3) is 0 Å². The molecule has 0 fully saturated rings. The molecule has 0 saturated heterocycles. The average Bonchev–Trinajstić information content (AvgIpc) is 2.80. The first-order valence-corrected chi connectivity index (χ1v) is 9.67. The van der Waals surface area contributed by atoms with Crippen molar-refractivity contribution in [1.82, 2.24) is 0 Å². The van der Waals surface area contributed by atoms with Crippen LogP contribution in [0, 0.1) is 5.92 Å². The van der Waals surface area contributed by atoms with Gasteiger partial charge in [0.1, 0.15) is 0 Å². The molecule has 1 unspecified atom stereocenters. The topological polar surface area (TPSA) is 0 Å². The van der Waals surface area contributed by atoms with Gasteiger partial charge in [0.15, 0.2) is 0 Å². The van der Waals surface area contributed by atoms with Gasteiger partial charge in [-0.15, -0.1) is 0 Å². The molecular weight excluding hydrogens is 391 g/mol. The summed E-state index contributed by atoms with van der Waals surface area (Å²) in [6.07, 6.45) is 17.5. The second kappa shape index (κ2) is 6.64. The molecule has 0 amide bonds. The Balaban J connectivity index is 2.08. The van der Waals surface area contributed by atoms with Crippen LogP contribution in [0.3, 0.4) is 0 Å². The molecule has 118 valence electrons. The summed E-state index contributed by atoms with van der Waals surface area (Å²) >= 11 is 2.37. The van der Waals surface area contributed by atoms with E-state index in [9.17, 15) is 0 Å². The predicted molar refractivity (Wildman–Crippen MR) is 110 cm³/mol. The average molecular weight is 414 g/mol. The fourth-order valence-corrected chi connectivity index (χ4v) is 4.16. The predicted octanol–water partition coefficient (Wildman–Crippen LogP) is 6.36. The van der Waals surface area contributed by atoms with Crippen LogP contribution in [0.1, 0.15) is 36.5 Å². The molecule has 0 spiro atoms. The normalized spacial score (nSPS) is 24.7. The van der Waals surface area contributed by atoms with E-state index in [1.165, 1.54) is 22.3 Å². The molecule has 0 aromatic heterocycles. The van der Waals surface area contributed by atoms with Gasteiger partial charge in [0.05, 0.1) is 0 Å². The minimum absolute atomic E-state index is 0.170. The van der Waals surface area contributed by atoms with Crippen molar-refractivity contribution >= 4 is 28.2 Å². The third-order valence-electron chi connectivity index (χ3n) is 5.09. The molecule has 3 rings (SSSR count). The second-order valence-corrected chi connectivity index (χ2v) is 7.64. The highest BCUT2D eigenvalue weighted by atomic mass is 127. The largest absolute Gasteiger partial charge is 0.0990 e. The van der Waals surface area contributed by atoms with Crippen LogP contribution in [0.4, 0.5) is 0 Å². The smallest absolute Gasteiger partial charge is 0.0179 e. The number of alkyl halides is 1. The van der Waals surface area contributed by atoms with Gasteiger partial charge >= 0.3 is 0 Å². The van der Waals surface area contributed by atoms with Crippen LogP contribution in [-0.4, -0.2) is 4.43 Å². The Labute approximate surface area is 153 Å². The minimum atomic E-state index is 0.170. The third-order valence-corrected chi connectivity index (χ3v) is 5.60. The summed E-state index contributed by atoms with van der Waals surface area (Å²) in [5.74, 6) is 1.09. The van der Waals surface area contributed by atoms with Crippen LogP contribution in [0.2, 0.25) is 0 Å². The molecule has 0 nitrogen and oxygen atoms in total. The number of benzene rings is 1. The molecule has 2 atom stereocenters. The van der Waals surface area contributed by atoms with E-state index in [1.54, 1.807) is 0 Å². The third kappa shape index (κ3) is 2.91. The maximum atomic E-state index is 3.86. The lowest BCUT2D eigenvalue weighted by molar-refractivity contribution is 0.394. The maximum Gasteiger partial charge on any atom is 0.0179 e. The van der Waals surface area contributed by atoms with E-state index in [4.69, 9.17) is 0 Å². The maximum absolute atomic E-state index is 3.86. The molecule has 23 heavy (non-hydrogen) atoms. The Hall–Kier alpha value is -1.35. The molecule has 0 bridgehead atoms. The monoisotopic (exact) mass is 414 g/mol. The van der Waals surface area contributed by atoms with Gasteiger partial charge in [0, 0.05) is 10.3 Å². The zero-order chi connectivity index (χ0) is 16.4. The Morgan fingerprint density at radius 2 is 2.04 bits per heavy atom. The van der Waals surface area contributed by atoms with Crippen LogP contribution in [0.5, 0.6) is 0 Å². The molecule has 0 saturated carbocycles. The van der Waals surface area contributed by atoms with Crippen molar-refractivity contribution in [1.29, 1.82) is 0 Å². The van der Waals surface area contributed by atoms with E-state index in [0.717, 1.165) is 4.43 Å². The number of rotatable bonds is 4. The molecular formula is C22H23I. The SMILES string of the molecule is C=C/C=C(\C=C/CI)c1ccc2c(c1)C(C)(C)C1C=CC=C[C@@H]21. The van der Waals surface area contributed by atoms with Crippen molar-refractivity contribution in [2.45, 2.75) is 25.2 Å². The minimum Gasteiger partial charge on any atom is -0.0990 e. The van der Waals surface area contributed by atoms with E-state index >= 15 is 0 Å². The number of hydrogen-bond donors (Lipinski definition) is 0. The number of allylic oxidation sites excluding steroid dienone is 9. The summed E-state index contributed by atoms with van der Waals surface area (Å²) in [5.41, 5.74) is 5.66.